The Morgan fingerprint density at radius 2 is 1.54 bits per heavy atom. The predicted octanol–water partition coefficient (Wildman–Crippen LogP) is 5.17. The second-order valence-electron chi connectivity index (χ2n) is 7.16. The van der Waals surface area contributed by atoms with E-state index >= 15 is 0 Å². The predicted molar refractivity (Wildman–Crippen MR) is 114 cm³/mol. The Hall–Kier alpha value is -3.53. The Morgan fingerprint density at radius 3 is 2.25 bits per heavy atom. The van der Waals surface area contributed by atoms with E-state index in [9.17, 15) is 5.11 Å². The van der Waals surface area contributed by atoms with Crippen molar-refractivity contribution in [2.24, 2.45) is 0 Å². The normalized spacial score (nSPS) is 10.9. The van der Waals surface area contributed by atoms with Crippen molar-refractivity contribution >= 4 is 5.82 Å². The van der Waals surface area contributed by atoms with Crippen molar-refractivity contribution in [3.63, 3.8) is 0 Å². The fraction of sp³-hybridized carbons (Fsp3) is 0.125. The van der Waals surface area contributed by atoms with Gasteiger partial charge in [0.05, 0.1) is 12.2 Å². The van der Waals surface area contributed by atoms with Gasteiger partial charge in [0, 0.05) is 11.6 Å². The van der Waals surface area contributed by atoms with Crippen LogP contribution in [-0.2, 0) is 6.54 Å². The van der Waals surface area contributed by atoms with Crippen LogP contribution in [-0.4, -0.2) is 14.9 Å². The molecule has 4 rings (SSSR count). The van der Waals surface area contributed by atoms with E-state index in [1.165, 1.54) is 22.3 Å². The molecule has 0 radical (unpaired) electrons. The third-order valence-electron chi connectivity index (χ3n) is 5.07. The molecule has 4 heteroatoms. The lowest BCUT2D eigenvalue weighted by Crippen LogP contribution is -2.05. The van der Waals surface area contributed by atoms with Crippen LogP contribution in [0.15, 0.2) is 72.8 Å². The lowest BCUT2D eigenvalue weighted by Gasteiger charge is -2.06. The number of aromatic nitrogens is 2. The second-order valence-corrected chi connectivity index (χ2v) is 7.16. The summed E-state index contributed by atoms with van der Waals surface area (Å²) in [7, 11) is 0. The SMILES string of the molecule is Cc1ccc(-c2ccc(-c3cc(N)n(Cc4cccc(O)c4)n3)cc2)cc1C. The minimum Gasteiger partial charge on any atom is -0.508 e. The molecule has 0 amide bonds. The van der Waals surface area contributed by atoms with Gasteiger partial charge in [-0.1, -0.05) is 54.6 Å². The van der Waals surface area contributed by atoms with Crippen LogP contribution < -0.4 is 5.73 Å². The van der Waals surface area contributed by atoms with Crippen molar-refractivity contribution in [1.82, 2.24) is 9.78 Å². The number of aromatic hydroxyl groups is 1. The van der Waals surface area contributed by atoms with E-state index in [0.717, 1.165) is 16.8 Å². The summed E-state index contributed by atoms with van der Waals surface area (Å²) in [5.41, 5.74) is 13.9. The highest BCUT2D eigenvalue weighted by molar-refractivity contribution is 5.70. The minimum absolute atomic E-state index is 0.241. The van der Waals surface area contributed by atoms with Gasteiger partial charge < -0.3 is 10.8 Å². The van der Waals surface area contributed by atoms with Crippen LogP contribution in [0.25, 0.3) is 22.4 Å². The molecule has 0 aliphatic heterocycles. The third kappa shape index (κ3) is 3.62. The Morgan fingerprint density at radius 1 is 0.821 bits per heavy atom. The Kier molecular flexibility index (Phi) is 4.62. The number of rotatable bonds is 4. The van der Waals surface area contributed by atoms with E-state index in [1.54, 1.807) is 16.8 Å². The number of anilines is 1. The van der Waals surface area contributed by atoms with Crippen LogP contribution in [0.3, 0.4) is 0 Å². The molecule has 4 nitrogen and oxygen atoms in total. The molecule has 0 aliphatic rings. The second kappa shape index (κ2) is 7.24. The molecule has 0 unspecified atom stereocenters. The number of aryl methyl sites for hydroxylation is 2. The zero-order valence-electron chi connectivity index (χ0n) is 16.1. The zero-order chi connectivity index (χ0) is 19.7. The highest BCUT2D eigenvalue weighted by Gasteiger charge is 2.09. The molecule has 1 aromatic heterocycles. The van der Waals surface area contributed by atoms with Gasteiger partial charge in [0.25, 0.3) is 0 Å². The van der Waals surface area contributed by atoms with E-state index in [1.807, 2.05) is 18.2 Å². The molecule has 3 aromatic carbocycles. The molecule has 28 heavy (non-hydrogen) atoms. The quantitative estimate of drug-likeness (QED) is 0.521. The Balaban J connectivity index is 1.58. The maximum absolute atomic E-state index is 9.63. The van der Waals surface area contributed by atoms with Crippen molar-refractivity contribution in [2.75, 3.05) is 5.73 Å². The number of nitrogens with two attached hydrogens (primary N) is 1. The lowest BCUT2D eigenvalue weighted by atomic mass is 9.99. The summed E-state index contributed by atoms with van der Waals surface area (Å²) in [5, 5.41) is 14.3. The maximum Gasteiger partial charge on any atom is 0.122 e. The number of hydrogen-bond donors (Lipinski definition) is 2. The molecule has 0 fully saturated rings. The molecule has 0 atom stereocenters. The summed E-state index contributed by atoms with van der Waals surface area (Å²) < 4.78 is 1.75. The number of nitrogens with zero attached hydrogens (tertiary/aromatic N) is 2. The molecule has 0 aliphatic carbocycles. The van der Waals surface area contributed by atoms with E-state index in [-0.39, 0.29) is 5.75 Å². The lowest BCUT2D eigenvalue weighted by molar-refractivity contribution is 0.474. The van der Waals surface area contributed by atoms with Gasteiger partial charge in [-0.15, -0.1) is 0 Å². The van der Waals surface area contributed by atoms with Gasteiger partial charge in [-0.2, -0.15) is 5.10 Å². The fourth-order valence-corrected chi connectivity index (χ4v) is 3.28. The number of phenolic OH excluding ortho intramolecular Hbond substituents is 1. The smallest absolute Gasteiger partial charge is 0.122 e. The first-order valence-electron chi connectivity index (χ1n) is 9.29. The van der Waals surface area contributed by atoms with Gasteiger partial charge in [-0.3, -0.25) is 0 Å². The van der Waals surface area contributed by atoms with E-state index in [4.69, 9.17) is 5.73 Å². The first-order valence-corrected chi connectivity index (χ1v) is 9.29. The fourth-order valence-electron chi connectivity index (χ4n) is 3.28. The Bertz CT molecular complexity index is 1130. The van der Waals surface area contributed by atoms with Crippen molar-refractivity contribution in [3.05, 3.63) is 89.5 Å². The van der Waals surface area contributed by atoms with E-state index in [2.05, 4.69) is 61.4 Å². The first kappa shape index (κ1) is 17.9. The number of benzene rings is 3. The van der Waals surface area contributed by atoms with Gasteiger partial charge in [0.2, 0.25) is 0 Å². The van der Waals surface area contributed by atoms with Gasteiger partial charge >= 0.3 is 0 Å². The largest absolute Gasteiger partial charge is 0.508 e. The molecule has 0 spiro atoms. The topological polar surface area (TPSA) is 64.1 Å². The minimum atomic E-state index is 0.241. The van der Waals surface area contributed by atoms with Crippen LogP contribution in [0.1, 0.15) is 16.7 Å². The van der Waals surface area contributed by atoms with Crippen LogP contribution in [0, 0.1) is 13.8 Å². The van der Waals surface area contributed by atoms with Gasteiger partial charge in [0.15, 0.2) is 0 Å². The average Bonchev–Trinajstić information content (AvgIpc) is 3.05. The molecule has 1 heterocycles. The zero-order valence-corrected chi connectivity index (χ0v) is 16.1. The maximum atomic E-state index is 9.63. The summed E-state index contributed by atoms with van der Waals surface area (Å²) in [6, 6.07) is 23.9. The van der Waals surface area contributed by atoms with Crippen LogP contribution in [0.4, 0.5) is 5.82 Å². The van der Waals surface area contributed by atoms with Crippen LogP contribution in [0.2, 0.25) is 0 Å². The molecule has 140 valence electrons. The molecule has 0 bridgehead atoms. The van der Waals surface area contributed by atoms with Crippen molar-refractivity contribution in [2.45, 2.75) is 20.4 Å². The van der Waals surface area contributed by atoms with Gasteiger partial charge in [-0.25, -0.2) is 4.68 Å². The number of hydrogen-bond acceptors (Lipinski definition) is 3. The number of nitrogen functional groups attached to an aromatic ring is 1. The van der Waals surface area contributed by atoms with Crippen molar-refractivity contribution < 1.29 is 5.11 Å². The summed E-state index contributed by atoms with van der Waals surface area (Å²) in [5.74, 6) is 0.835. The standard InChI is InChI=1S/C24H23N3O/c1-16-6-7-21(12-17(16)2)19-8-10-20(11-9-19)23-14-24(25)27(26-23)15-18-4-3-5-22(28)13-18/h3-14,28H,15,25H2,1-2H3. The molecule has 3 N–H and O–H groups in total. The van der Waals surface area contributed by atoms with Gasteiger partial charge in [-0.05, 0) is 53.8 Å². The monoisotopic (exact) mass is 369 g/mol. The van der Waals surface area contributed by atoms with E-state index < -0.39 is 0 Å². The molecule has 4 aromatic rings. The molecular weight excluding hydrogens is 346 g/mol. The summed E-state index contributed by atoms with van der Waals surface area (Å²) in [6.07, 6.45) is 0. The van der Waals surface area contributed by atoms with Crippen LogP contribution >= 0.6 is 0 Å². The van der Waals surface area contributed by atoms with Crippen molar-refractivity contribution in [1.29, 1.82) is 0 Å². The average molecular weight is 369 g/mol. The third-order valence-corrected chi connectivity index (χ3v) is 5.07. The van der Waals surface area contributed by atoms with Gasteiger partial charge in [0.1, 0.15) is 11.6 Å². The summed E-state index contributed by atoms with van der Waals surface area (Å²) in [4.78, 5) is 0. The highest BCUT2D eigenvalue weighted by atomic mass is 16.3. The Labute approximate surface area is 164 Å². The summed E-state index contributed by atoms with van der Waals surface area (Å²) in [6.45, 7) is 4.77. The van der Waals surface area contributed by atoms with Crippen molar-refractivity contribution in [3.8, 4) is 28.1 Å². The number of phenols is 1. The highest BCUT2D eigenvalue weighted by Crippen LogP contribution is 2.27. The first-order chi connectivity index (χ1) is 13.5. The summed E-state index contributed by atoms with van der Waals surface area (Å²) >= 11 is 0. The van der Waals surface area contributed by atoms with Crippen LogP contribution in [0.5, 0.6) is 5.75 Å². The molecular formula is C24H23N3O. The van der Waals surface area contributed by atoms with E-state index in [0.29, 0.717) is 12.4 Å². The molecule has 0 saturated heterocycles. The molecule has 0 saturated carbocycles.